The van der Waals surface area contributed by atoms with Crippen molar-refractivity contribution in [3.63, 3.8) is 0 Å². The number of hydrogen-bond acceptors (Lipinski definition) is 6. The average Bonchev–Trinajstić information content (AvgIpc) is 2.79. The molecule has 4 aromatic rings. The van der Waals surface area contributed by atoms with Gasteiger partial charge in [-0.15, -0.1) is 0 Å². The number of benzene rings is 3. The lowest BCUT2D eigenvalue weighted by Crippen LogP contribution is -2.23. The molecule has 3 N–H and O–H groups in total. The van der Waals surface area contributed by atoms with Crippen molar-refractivity contribution in [1.82, 2.24) is 9.97 Å². The van der Waals surface area contributed by atoms with Crippen molar-refractivity contribution in [1.29, 1.82) is 0 Å². The molecule has 0 bridgehead atoms. The summed E-state index contributed by atoms with van der Waals surface area (Å²) in [4.78, 5) is 9.08. The lowest BCUT2D eigenvalue weighted by molar-refractivity contribution is 0.105. The first kappa shape index (κ1) is 19.8. The summed E-state index contributed by atoms with van der Waals surface area (Å²) in [5, 5.41) is 22.4. The molecule has 1 heterocycles. The van der Waals surface area contributed by atoms with Gasteiger partial charge in [-0.3, -0.25) is 0 Å². The van der Waals surface area contributed by atoms with E-state index in [4.69, 9.17) is 9.84 Å². The Hall–Kier alpha value is -3.55. The van der Waals surface area contributed by atoms with Crippen LogP contribution in [0, 0.1) is 5.82 Å². The molecule has 0 amide bonds. The highest BCUT2D eigenvalue weighted by molar-refractivity contribution is 5.93. The molecule has 0 spiro atoms. The van der Waals surface area contributed by atoms with Gasteiger partial charge in [0.05, 0.1) is 23.9 Å². The highest BCUT2D eigenvalue weighted by Gasteiger charge is 2.11. The van der Waals surface area contributed by atoms with Gasteiger partial charge in [0.15, 0.2) is 0 Å². The second-order valence-corrected chi connectivity index (χ2v) is 6.71. The van der Waals surface area contributed by atoms with Crippen LogP contribution in [-0.2, 0) is 0 Å². The van der Waals surface area contributed by atoms with Crippen molar-refractivity contribution in [2.75, 3.05) is 18.5 Å². The van der Waals surface area contributed by atoms with E-state index in [0.29, 0.717) is 17.4 Å². The fourth-order valence-corrected chi connectivity index (χ4v) is 2.97. The number of ether oxygens (including phenoxy) is 1. The van der Waals surface area contributed by atoms with Crippen LogP contribution in [0.2, 0.25) is 0 Å². The molecule has 0 aliphatic rings. The van der Waals surface area contributed by atoms with Crippen LogP contribution in [0.15, 0.2) is 72.8 Å². The fraction of sp³-hybridized carbons (Fsp3) is 0.130. The van der Waals surface area contributed by atoms with Gasteiger partial charge in [0, 0.05) is 17.5 Å². The van der Waals surface area contributed by atoms with Crippen LogP contribution < -0.4 is 10.1 Å². The average molecular weight is 405 g/mol. The number of nitrogens with one attached hydrogen (secondary N) is 1. The van der Waals surface area contributed by atoms with E-state index in [9.17, 15) is 9.50 Å². The molecule has 0 aliphatic heterocycles. The van der Waals surface area contributed by atoms with E-state index in [1.807, 2.05) is 48.5 Å². The first-order valence-electron chi connectivity index (χ1n) is 9.46. The number of anilines is 1. The highest BCUT2D eigenvalue weighted by Crippen LogP contribution is 2.30. The second kappa shape index (κ2) is 8.86. The zero-order chi connectivity index (χ0) is 20.9. The van der Waals surface area contributed by atoms with Crippen molar-refractivity contribution in [2.45, 2.75) is 6.10 Å². The van der Waals surface area contributed by atoms with Crippen LogP contribution in [0.1, 0.15) is 0 Å². The molecule has 152 valence electrons. The Balaban J connectivity index is 1.63. The number of aliphatic hydroxyl groups excluding tert-OH is 2. The number of halogens is 1. The van der Waals surface area contributed by atoms with Crippen molar-refractivity contribution in [3.05, 3.63) is 78.6 Å². The summed E-state index contributed by atoms with van der Waals surface area (Å²) in [5.41, 5.74) is 2.36. The number of hydrogen-bond donors (Lipinski definition) is 3. The molecule has 0 aliphatic carbocycles. The van der Waals surface area contributed by atoms with Gasteiger partial charge in [0.2, 0.25) is 5.95 Å². The topological polar surface area (TPSA) is 87.5 Å². The molecule has 0 radical (unpaired) electrons. The number of aliphatic hydroxyl groups is 2. The summed E-state index contributed by atoms with van der Waals surface area (Å²) in [6.07, 6.45) is -0.897. The van der Waals surface area contributed by atoms with E-state index in [1.165, 1.54) is 12.1 Å². The summed E-state index contributed by atoms with van der Waals surface area (Å²) in [5.74, 6) is 1.21. The zero-order valence-corrected chi connectivity index (χ0v) is 16.0. The van der Waals surface area contributed by atoms with Gasteiger partial charge in [0.25, 0.3) is 0 Å². The second-order valence-electron chi connectivity index (χ2n) is 6.71. The molecule has 1 aromatic heterocycles. The summed E-state index contributed by atoms with van der Waals surface area (Å²) in [6, 6.07) is 20.9. The molecular formula is C23H20FN3O3. The molecule has 7 heteroatoms. The molecule has 0 saturated carbocycles. The van der Waals surface area contributed by atoms with Gasteiger partial charge in [0.1, 0.15) is 17.3 Å². The Labute approximate surface area is 172 Å². The third-order valence-corrected chi connectivity index (χ3v) is 4.49. The highest BCUT2D eigenvalue weighted by atomic mass is 19.1. The maximum Gasteiger partial charge on any atom is 0.223 e. The number of fused-ring (bicyclic) bond motifs is 1. The minimum atomic E-state index is -0.897. The Bertz CT molecular complexity index is 1130. The van der Waals surface area contributed by atoms with Gasteiger partial charge in [-0.1, -0.05) is 18.2 Å². The first-order chi connectivity index (χ1) is 14.6. The SMILES string of the molecule is OCC(O)CNc1nc(-c2ccc(Oc3ccc(F)cc3)cc2)c2ccccc2n1. The molecular weight excluding hydrogens is 385 g/mol. The molecule has 0 fully saturated rings. The predicted octanol–water partition coefficient (Wildman–Crippen LogP) is 3.99. The predicted molar refractivity (Wildman–Crippen MR) is 113 cm³/mol. The largest absolute Gasteiger partial charge is 0.457 e. The smallest absolute Gasteiger partial charge is 0.223 e. The van der Waals surface area contributed by atoms with E-state index in [-0.39, 0.29) is 19.0 Å². The third-order valence-electron chi connectivity index (χ3n) is 4.49. The van der Waals surface area contributed by atoms with Crippen LogP contribution in [0.4, 0.5) is 10.3 Å². The Morgan fingerprint density at radius 1 is 0.900 bits per heavy atom. The first-order valence-corrected chi connectivity index (χ1v) is 9.46. The van der Waals surface area contributed by atoms with Crippen molar-refractivity contribution in [3.8, 4) is 22.8 Å². The molecule has 3 aromatic carbocycles. The third kappa shape index (κ3) is 4.53. The maximum atomic E-state index is 13.0. The van der Waals surface area contributed by atoms with Gasteiger partial charge in [-0.25, -0.2) is 14.4 Å². The minimum absolute atomic E-state index is 0.138. The van der Waals surface area contributed by atoms with Gasteiger partial charge < -0.3 is 20.3 Å². The van der Waals surface area contributed by atoms with Crippen LogP contribution in [-0.4, -0.2) is 39.4 Å². The summed E-state index contributed by atoms with van der Waals surface area (Å²) < 4.78 is 18.8. The van der Waals surface area contributed by atoms with Gasteiger partial charge >= 0.3 is 0 Å². The number of nitrogens with zero attached hydrogens (tertiary/aromatic N) is 2. The zero-order valence-electron chi connectivity index (χ0n) is 16.0. The molecule has 30 heavy (non-hydrogen) atoms. The van der Waals surface area contributed by atoms with Gasteiger partial charge in [-0.2, -0.15) is 0 Å². The lowest BCUT2D eigenvalue weighted by atomic mass is 10.1. The van der Waals surface area contributed by atoms with E-state index in [1.54, 1.807) is 12.1 Å². The molecule has 6 nitrogen and oxygen atoms in total. The standard InChI is InChI=1S/C23H20FN3O3/c24-16-7-11-19(12-8-16)30-18-9-5-15(6-10-18)22-20-3-1-2-4-21(20)26-23(27-22)25-13-17(29)14-28/h1-12,17,28-29H,13-14H2,(H,25,26,27). The lowest BCUT2D eigenvalue weighted by Gasteiger charge is -2.12. The monoisotopic (exact) mass is 405 g/mol. The molecule has 1 atom stereocenters. The quantitative estimate of drug-likeness (QED) is 0.431. The van der Waals surface area contributed by atoms with E-state index < -0.39 is 6.10 Å². The number of para-hydroxylation sites is 1. The Kier molecular flexibility index (Phi) is 5.83. The van der Waals surface area contributed by atoms with Crippen molar-refractivity contribution < 1.29 is 19.3 Å². The molecule has 0 saturated heterocycles. The number of aromatic nitrogens is 2. The van der Waals surface area contributed by atoms with E-state index in [2.05, 4.69) is 15.3 Å². The van der Waals surface area contributed by atoms with Crippen LogP contribution in [0.5, 0.6) is 11.5 Å². The Morgan fingerprint density at radius 3 is 2.27 bits per heavy atom. The van der Waals surface area contributed by atoms with Crippen LogP contribution >= 0.6 is 0 Å². The maximum absolute atomic E-state index is 13.0. The van der Waals surface area contributed by atoms with Crippen molar-refractivity contribution in [2.24, 2.45) is 0 Å². The summed E-state index contributed by atoms with van der Waals surface area (Å²) in [6.45, 7) is -0.207. The minimum Gasteiger partial charge on any atom is -0.457 e. The van der Waals surface area contributed by atoms with Gasteiger partial charge in [-0.05, 0) is 54.6 Å². The van der Waals surface area contributed by atoms with Crippen molar-refractivity contribution >= 4 is 16.9 Å². The van der Waals surface area contributed by atoms with Crippen LogP contribution in [0.3, 0.4) is 0 Å². The Morgan fingerprint density at radius 2 is 1.57 bits per heavy atom. The fourth-order valence-electron chi connectivity index (χ4n) is 2.97. The summed E-state index contributed by atoms with van der Waals surface area (Å²) >= 11 is 0. The summed E-state index contributed by atoms with van der Waals surface area (Å²) in [7, 11) is 0. The van der Waals surface area contributed by atoms with E-state index >= 15 is 0 Å². The normalized spacial score (nSPS) is 12.0. The molecule has 1 unspecified atom stereocenters. The van der Waals surface area contributed by atoms with Crippen LogP contribution in [0.25, 0.3) is 22.2 Å². The number of rotatable bonds is 7. The molecule has 4 rings (SSSR count). The van der Waals surface area contributed by atoms with E-state index in [0.717, 1.165) is 22.2 Å².